The van der Waals surface area contributed by atoms with Crippen LogP contribution in [0.4, 0.5) is 4.39 Å². The van der Waals surface area contributed by atoms with E-state index in [-0.39, 0.29) is 29.7 Å². The zero-order valence-electron chi connectivity index (χ0n) is 19.2. The number of aromatic nitrogens is 3. The van der Waals surface area contributed by atoms with Crippen LogP contribution in [0.15, 0.2) is 48.8 Å². The van der Waals surface area contributed by atoms with Crippen molar-refractivity contribution < 1.29 is 13.9 Å². The van der Waals surface area contributed by atoms with Crippen molar-refractivity contribution >= 4 is 5.91 Å². The minimum absolute atomic E-state index is 0.0349. The van der Waals surface area contributed by atoms with E-state index in [1.807, 2.05) is 31.4 Å². The van der Waals surface area contributed by atoms with Crippen LogP contribution in [0.2, 0.25) is 0 Å². The number of carbonyl (C=O) groups excluding carboxylic acids is 1. The highest BCUT2D eigenvalue weighted by molar-refractivity contribution is 5.93. The van der Waals surface area contributed by atoms with Crippen molar-refractivity contribution in [3.63, 3.8) is 0 Å². The SMILES string of the molecule is CC(NCc1cc(C(=O)NC(c2ccc(F)cc2)C(C)C)n2c1COCC2)c1ncccn1. The first kappa shape index (κ1) is 23.1. The Morgan fingerprint density at radius 1 is 1.18 bits per heavy atom. The second kappa shape index (κ2) is 10.2. The second-order valence-electron chi connectivity index (χ2n) is 8.66. The molecule has 1 aliphatic rings. The van der Waals surface area contributed by atoms with Gasteiger partial charge in [-0.3, -0.25) is 4.79 Å². The highest BCUT2D eigenvalue weighted by atomic mass is 19.1. The van der Waals surface area contributed by atoms with E-state index in [0.29, 0.717) is 32.0 Å². The summed E-state index contributed by atoms with van der Waals surface area (Å²) in [5, 5.41) is 6.61. The Morgan fingerprint density at radius 2 is 1.91 bits per heavy atom. The van der Waals surface area contributed by atoms with Crippen molar-refractivity contribution in [2.75, 3.05) is 6.61 Å². The number of benzene rings is 1. The molecule has 1 aliphatic heterocycles. The molecule has 0 saturated carbocycles. The van der Waals surface area contributed by atoms with Crippen LogP contribution in [0, 0.1) is 11.7 Å². The number of hydrogen-bond donors (Lipinski definition) is 2. The summed E-state index contributed by atoms with van der Waals surface area (Å²) in [5.41, 5.74) is 3.52. The topological polar surface area (TPSA) is 81.1 Å². The Hall–Kier alpha value is -3.10. The molecule has 3 heterocycles. The molecule has 1 aromatic carbocycles. The third kappa shape index (κ3) is 5.29. The summed E-state index contributed by atoms with van der Waals surface area (Å²) in [6, 6.07) is 9.78. The zero-order chi connectivity index (χ0) is 23.4. The first-order chi connectivity index (χ1) is 15.9. The van der Waals surface area contributed by atoms with Crippen LogP contribution >= 0.6 is 0 Å². The van der Waals surface area contributed by atoms with Gasteiger partial charge in [-0.2, -0.15) is 0 Å². The van der Waals surface area contributed by atoms with Crippen LogP contribution in [-0.2, 0) is 24.4 Å². The summed E-state index contributed by atoms with van der Waals surface area (Å²) in [6.07, 6.45) is 3.45. The molecule has 0 aliphatic carbocycles. The fraction of sp³-hybridized carbons (Fsp3) is 0.400. The lowest BCUT2D eigenvalue weighted by atomic mass is 9.96. The van der Waals surface area contributed by atoms with Crippen molar-refractivity contribution in [3.05, 3.63) is 82.9 Å². The molecular formula is C25H30FN5O2. The third-order valence-electron chi connectivity index (χ3n) is 5.98. The third-order valence-corrected chi connectivity index (χ3v) is 5.98. The molecule has 7 nitrogen and oxygen atoms in total. The number of hydrogen-bond acceptors (Lipinski definition) is 5. The Labute approximate surface area is 193 Å². The van der Waals surface area contributed by atoms with Crippen LogP contribution in [0.25, 0.3) is 0 Å². The monoisotopic (exact) mass is 451 g/mol. The van der Waals surface area contributed by atoms with Gasteiger partial charge in [0.2, 0.25) is 0 Å². The second-order valence-corrected chi connectivity index (χ2v) is 8.66. The van der Waals surface area contributed by atoms with E-state index >= 15 is 0 Å². The largest absolute Gasteiger partial charge is 0.373 e. The molecule has 2 N–H and O–H groups in total. The van der Waals surface area contributed by atoms with Gasteiger partial charge in [0, 0.05) is 31.2 Å². The summed E-state index contributed by atoms with van der Waals surface area (Å²) in [4.78, 5) is 22.0. The average Bonchev–Trinajstić information content (AvgIpc) is 3.21. The molecule has 1 amide bonds. The first-order valence-corrected chi connectivity index (χ1v) is 11.3. The minimum Gasteiger partial charge on any atom is -0.373 e. The number of ether oxygens (including phenoxy) is 1. The Morgan fingerprint density at radius 3 is 2.61 bits per heavy atom. The lowest BCUT2D eigenvalue weighted by molar-refractivity contribution is 0.0790. The van der Waals surface area contributed by atoms with Gasteiger partial charge < -0.3 is 19.9 Å². The van der Waals surface area contributed by atoms with Gasteiger partial charge in [0.05, 0.1) is 25.3 Å². The predicted molar refractivity (Wildman–Crippen MR) is 123 cm³/mol. The van der Waals surface area contributed by atoms with Gasteiger partial charge >= 0.3 is 0 Å². The smallest absolute Gasteiger partial charge is 0.268 e. The highest BCUT2D eigenvalue weighted by Crippen LogP contribution is 2.25. The Kier molecular flexibility index (Phi) is 7.15. The lowest BCUT2D eigenvalue weighted by Gasteiger charge is -2.24. The first-order valence-electron chi connectivity index (χ1n) is 11.3. The number of carbonyl (C=O) groups is 1. The van der Waals surface area contributed by atoms with Crippen LogP contribution in [0.5, 0.6) is 0 Å². The minimum atomic E-state index is -0.291. The van der Waals surface area contributed by atoms with Gasteiger partial charge in [0.1, 0.15) is 17.3 Å². The Bertz CT molecular complexity index is 1080. The zero-order valence-corrected chi connectivity index (χ0v) is 19.2. The predicted octanol–water partition coefficient (Wildman–Crippen LogP) is 3.93. The number of nitrogens with zero attached hydrogens (tertiary/aromatic N) is 3. The van der Waals surface area contributed by atoms with Gasteiger partial charge in [-0.15, -0.1) is 0 Å². The van der Waals surface area contributed by atoms with E-state index in [9.17, 15) is 9.18 Å². The van der Waals surface area contributed by atoms with Crippen LogP contribution < -0.4 is 10.6 Å². The molecule has 0 bridgehead atoms. The van der Waals surface area contributed by atoms with Gasteiger partial charge in [-0.25, -0.2) is 14.4 Å². The molecule has 0 spiro atoms. The fourth-order valence-corrected chi connectivity index (χ4v) is 4.15. The van der Waals surface area contributed by atoms with Crippen LogP contribution in [0.1, 0.15) is 66.0 Å². The molecule has 174 valence electrons. The van der Waals surface area contributed by atoms with E-state index in [1.165, 1.54) is 12.1 Å². The lowest BCUT2D eigenvalue weighted by Crippen LogP contribution is -2.34. The van der Waals surface area contributed by atoms with Gasteiger partial charge in [-0.05, 0) is 48.2 Å². The molecule has 8 heteroatoms. The Balaban J connectivity index is 1.54. The van der Waals surface area contributed by atoms with Gasteiger partial charge in [0.25, 0.3) is 5.91 Å². The number of fused-ring (bicyclic) bond motifs is 1. The summed E-state index contributed by atoms with van der Waals surface area (Å²) >= 11 is 0. The molecule has 0 radical (unpaired) electrons. The fourth-order valence-electron chi connectivity index (χ4n) is 4.15. The maximum absolute atomic E-state index is 13.4. The van der Waals surface area contributed by atoms with Crippen LogP contribution in [0.3, 0.4) is 0 Å². The number of amides is 1. The molecule has 0 saturated heterocycles. The molecule has 33 heavy (non-hydrogen) atoms. The molecule has 3 aromatic rings. The van der Waals surface area contributed by atoms with Crippen molar-refractivity contribution in [1.29, 1.82) is 0 Å². The number of rotatable bonds is 8. The summed E-state index contributed by atoms with van der Waals surface area (Å²) in [5.74, 6) is 0.428. The summed E-state index contributed by atoms with van der Waals surface area (Å²) in [6.45, 7) is 8.31. The molecule has 0 fully saturated rings. The number of nitrogens with one attached hydrogen (secondary N) is 2. The summed E-state index contributed by atoms with van der Waals surface area (Å²) < 4.78 is 21.1. The molecule has 2 atom stereocenters. The van der Waals surface area contributed by atoms with Crippen molar-refractivity contribution in [2.45, 2.75) is 52.6 Å². The van der Waals surface area contributed by atoms with E-state index < -0.39 is 0 Å². The van der Waals surface area contributed by atoms with E-state index in [4.69, 9.17) is 4.74 Å². The van der Waals surface area contributed by atoms with Crippen molar-refractivity contribution in [2.24, 2.45) is 5.92 Å². The number of halogens is 1. The van der Waals surface area contributed by atoms with Gasteiger partial charge in [0.15, 0.2) is 0 Å². The normalized spacial score (nSPS) is 15.2. The molecule has 4 rings (SSSR count). The molecule has 2 unspecified atom stereocenters. The summed E-state index contributed by atoms with van der Waals surface area (Å²) in [7, 11) is 0. The van der Waals surface area contributed by atoms with Gasteiger partial charge in [-0.1, -0.05) is 26.0 Å². The van der Waals surface area contributed by atoms with E-state index in [1.54, 1.807) is 30.6 Å². The highest BCUT2D eigenvalue weighted by Gasteiger charge is 2.26. The van der Waals surface area contributed by atoms with E-state index in [2.05, 4.69) is 20.6 Å². The van der Waals surface area contributed by atoms with E-state index in [0.717, 1.165) is 22.6 Å². The van der Waals surface area contributed by atoms with Crippen molar-refractivity contribution in [1.82, 2.24) is 25.2 Å². The maximum Gasteiger partial charge on any atom is 0.268 e. The van der Waals surface area contributed by atoms with Crippen LogP contribution in [-0.4, -0.2) is 27.0 Å². The average molecular weight is 452 g/mol. The van der Waals surface area contributed by atoms with Crippen molar-refractivity contribution in [3.8, 4) is 0 Å². The quantitative estimate of drug-likeness (QED) is 0.543. The standard InChI is InChI=1S/C25H30FN5O2/c1-16(2)23(18-5-7-20(26)8-6-18)30-25(32)21-13-19(22-15-33-12-11-31(21)22)14-29-17(3)24-27-9-4-10-28-24/h4-10,13,16-17,23,29H,11-12,14-15H2,1-3H3,(H,30,32). The molecule has 2 aromatic heterocycles. The maximum atomic E-state index is 13.4. The molecular weight excluding hydrogens is 421 g/mol.